The number of hydrogen-bond donors (Lipinski definition) is 0. The molecule has 0 unspecified atom stereocenters. The minimum absolute atomic E-state index is 0.0720. The Bertz CT molecular complexity index is 596. The maximum absolute atomic E-state index is 12.2. The molecule has 0 bridgehead atoms. The smallest absolute Gasteiger partial charge is 0.334 e. The number of carbonyl (C=O) groups excluding carboxylic acids is 1. The van der Waals surface area contributed by atoms with Crippen LogP contribution in [0.4, 0.5) is 0 Å². The third-order valence-corrected chi connectivity index (χ3v) is 12.1. The molecule has 25 heavy (non-hydrogen) atoms. The van der Waals surface area contributed by atoms with Gasteiger partial charge in [0, 0.05) is 17.4 Å². The summed E-state index contributed by atoms with van der Waals surface area (Å²) in [5.74, 6) is 0.180. The summed E-state index contributed by atoms with van der Waals surface area (Å²) in [6.45, 7) is 15.5. The summed E-state index contributed by atoms with van der Waals surface area (Å²) < 4.78 is 13.0. The van der Waals surface area contributed by atoms with E-state index in [4.69, 9.17) is 9.16 Å². The molecule has 4 atom stereocenters. The van der Waals surface area contributed by atoms with Crippen molar-refractivity contribution >= 4 is 14.3 Å². The zero-order chi connectivity index (χ0) is 18.4. The molecule has 0 spiro atoms. The first-order valence-electron chi connectivity index (χ1n) is 10.1. The van der Waals surface area contributed by atoms with E-state index in [1.807, 2.05) is 0 Å². The normalized spacial score (nSPS) is 35.5. The minimum atomic E-state index is -1.73. The van der Waals surface area contributed by atoms with Gasteiger partial charge in [0.15, 0.2) is 8.32 Å². The van der Waals surface area contributed by atoms with Crippen LogP contribution in [0, 0.1) is 11.8 Å². The summed E-state index contributed by atoms with van der Waals surface area (Å²) in [6.07, 6.45) is 4.09. The maximum atomic E-state index is 12.2. The predicted octanol–water partition coefficient (Wildman–Crippen LogP) is 5.39. The molecule has 0 aromatic carbocycles. The lowest BCUT2D eigenvalue weighted by Gasteiger charge is -2.43. The highest BCUT2D eigenvalue weighted by Gasteiger charge is 2.57. The van der Waals surface area contributed by atoms with Gasteiger partial charge in [-0.05, 0) is 57.7 Å². The molecule has 0 radical (unpaired) electrons. The van der Waals surface area contributed by atoms with Crippen molar-refractivity contribution in [1.29, 1.82) is 0 Å². The highest BCUT2D eigenvalue weighted by Crippen LogP contribution is 2.54. The third-order valence-electron chi connectivity index (χ3n) is 7.36. The number of hydrogen-bond acceptors (Lipinski definition) is 3. The first-order valence-corrected chi connectivity index (χ1v) is 12.6. The Kier molecular flexibility index (Phi) is 5.06. The predicted molar refractivity (Wildman–Crippen MR) is 104 cm³/mol. The Balaban J connectivity index is 2.00. The van der Waals surface area contributed by atoms with Crippen LogP contribution in [0.1, 0.15) is 60.3 Å². The lowest BCUT2D eigenvalue weighted by molar-refractivity contribution is -0.143. The Morgan fingerprint density at radius 3 is 2.48 bits per heavy atom. The van der Waals surface area contributed by atoms with Gasteiger partial charge in [-0.1, -0.05) is 38.5 Å². The molecule has 0 N–H and O–H groups in total. The van der Waals surface area contributed by atoms with E-state index < -0.39 is 8.32 Å². The molecule has 0 aromatic rings. The van der Waals surface area contributed by atoms with Gasteiger partial charge in [0.1, 0.15) is 6.10 Å². The minimum Gasteiger partial charge on any atom is -0.458 e. The van der Waals surface area contributed by atoms with Crippen LogP contribution in [0.3, 0.4) is 0 Å². The van der Waals surface area contributed by atoms with Gasteiger partial charge in [-0.15, -0.1) is 0 Å². The molecule has 1 saturated heterocycles. The van der Waals surface area contributed by atoms with E-state index in [0.29, 0.717) is 5.57 Å². The number of rotatable bonds is 5. The summed E-state index contributed by atoms with van der Waals surface area (Å²) in [6, 6.07) is 3.46. The van der Waals surface area contributed by atoms with Crippen LogP contribution in [-0.4, -0.2) is 26.0 Å². The topological polar surface area (TPSA) is 35.5 Å². The van der Waals surface area contributed by atoms with Crippen LogP contribution < -0.4 is 0 Å². The van der Waals surface area contributed by atoms with Crippen molar-refractivity contribution in [3.05, 3.63) is 23.3 Å². The van der Waals surface area contributed by atoms with Gasteiger partial charge in [-0.2, -0.15) is 0 Å². The Morgan fingerprint density at radius 2 is 1.88 bits per heavy atom. The molecule has 0 amide bonds. The monoisotopic (exact) mass is 362 g/mol. The van der Waals surface area contributed by atoms with Gasteiger partial charge in [-0.25, -0.2) is 4.79 Å². The maximum Gasteiger partial charge on any atom is 0.334 e. The number of carbonyl (C=O) groups is 1. The van der Waals surface area contributed by atoms with E-state index in [2.05, 4.69) is 41.2 Å². The fourth-order valence-corrected chi connectivity index (χ4v) is 8.62. The van der Waals surface area contributed by atoms with Gasteiger partial charge in [-0.3, -0.25) is 0 Å². The zero-order valence-corrected chi connectivity index (χ0v) is 17.6. The molecular weight excluding hydrogens is 328 g/mol. The van der Waals surface area contributed by atoms with E-state index in [0.717, 1.165) is 43.8 Å². The third kappa shape index (κ3) is 2.95. The fourth-order valence-electron chi connectivity index (χ4n) is 5.47. The fraction of sp³-hybridized carbons (Fsp3) is 0.762. The molecular formula is C21H34O3Si. The second kappa shape index (κ2) is 6.69. The SMILES string of the molecule is C=C1C(=O)O[C@H]2[C@H]1CCC(C)=C1CC[C@@](C)(O[Si](CC)(CC)CC)[C@@H]12. The van der Waals surface area contributed by atoms with Gasteiger partial charge in [0.25, 0.3) is 0 Å². The average Bonchev–Trinajstić information content (AvgIpc) is 3.03. The van der Waals surface area contributed by atoms with Crippen LogP contribution in [-0.2, 0) is 14.0 Å². The van der Waals surface area contributed by atoms with Crippen molar-refractivity contribution in [2.24, 2.45) is 11.8 Å². The average molecular weight is 363 g/mol. The lowest BCUT2D eigenvalue weighted by atomic mass is 9.79. The van der Waals surface area contributed by atoms with E-state index >= 15 is 0 Å². The van der Waals surface area contributed by atoms with Gasteiger partial charge in [0.2, 0.25) is 0 Å². The van der Waals surface area contributed by atoms with Gasteiger partial charge >= 0.3 is 5.97 Å². The van der Waals surface area contributed by atoms with Crippen LogP contribution in [0.25, 0.3) is 0 Å². The number of fused-ring (bicyclic) bond motifs is 3. The molecule has 1 heterocycles. The van der Waals surface area contributed by atoms with Crippen LogP contribution in [0.2, 0.25) is 18.1 Å². The van der Waals surface area contributed by atoms with Crippen LogP contribution in [0.5, 0.6) is 0 Å². The van der Waals surface area contributed by atoms with Crippen molar-refractivity contribution in [3.8, 4) is 0 Å². The molecule has 2 fully saturated rings. The molecule has 0 aromatic heterocycles. The van der Waals surface area contributed by atoms with Crippen molar-refractivity contribution < 1.29 is 14.0 Å². The summed E-state index contributed by atoms with van der Waals surface area (Å²) >= 11 is 0. The second-order valence-corrected chi connectivity index (χ2v) is 13.2. The summed E-state index contributed by atoms with van der Waals surface area (Å²) in [5.41, 5.74) is 3.47. The molecule has 2 aliphatic carbocycles. The number of ether oxygens (including phenoxy) is 1. The van der Waals surface area contributed by atoms with Crippen LogP contribution >= 0.6 is 0 Å². The number of allylic oxidation sites excluding steroid dienone is 1. The Hall–Kier alpha value is -0.873. The van der Waals surface area contributed by atoms with Gasteiger partial charge in [0.05, 0.1) is 5.60 Å². The summed E-state index contributed by atoms with van der Waals surface area (Å²) in [4.78, 5) is 12.2. The van der Waals surface area contributed by atoms with Crippen molar-refractivity contribution in [3.63, 3.8) is 0 Å². The molecule has 3 aliphatic rings. The highest BCUT2D eigenvalue weighted by atomic mass is 28.4. The quantitative estimate of drug-likeness (QED) is 0.285. The van der Waals surface area contributed by atoms with Crippen molar-refractivity contribution in [1.82, 2.24) is 0 Å². The molecule has 4 heteroatoms. The zero-order valence-electron chi connectivity index (χ0n) is 16.6. The van der Waals surface area contributed by atoms with Crippen molar-refractivity contribution in [2.45, 2.75) is 90.1 Å². The summed E-state index contributed by atoms with van der Waals surface area (Å²) in [7, 11) is -1.73. The van der Waals surface area contributed by atoms with E-state index in [1.165, 1.54) is 11.1 Å². The molecule has 140 valence electrons. The van der Waals surface area contributed by atoms with Crippen LogP contribution in [0.15, 0.2) is 23.3 Å². The molecule has 3 rings (SSSR count). The van der Waals surface area contributed by atoms with Crippen molar-refractivity contribution in [2.75, 3.05) is 0 Å². The highest BCUT2D eigenvalue weighted by molar-refractivity contribution is 6.73. The second-order valence-electron chi connectivity index (χ2n) is 8.48. The largest absolute Gasteiger partial charge is 0.458 e. The van der Waals surface area contributed by atoms with Gasteiger partial charge < -0.3 is 9.16 Å². The standard InChI is InChI=1S/C21H34O3Si/c1-7-25(8-2,9-3)24-21(6)13-12-16-14(4)10-11-17-15(5)20(22)23-19(17)18(16)21/h17-19H,5,7-13H2,1-4,6H3/t17-,18-,19-,21+/m0/s1. The Morgan fingerprint density at radius 1 is 1.24 bits per heavy atom. The van der Waals surface area contributed by atoms with E-state index in [9.17, 15) is 4.79 Å². The van der Waals surface area contributed by atoms with E-state index in [1.54, 1.807) is 0 Å². The molecule has 1 saturated carbocycles. The molecule has 1 aliphatic heterocycles. The molecule has 3 nitrogen and oxygen atoms in total. The first kappa shape index (κ1) is 18.9. The number of esters is 1. The summed E-state index contributed by atoms with van der Waals surface area (Å²) in [5, 5.41) is 0. The van der Waals surface area contributed by atoms with E-state index in [-0.39, 0.29) is 29.5 Å². The lowest BCUT2D eigenvalue weighted by Crippen LogP contribution is -2.51. The first-order chi connectivity index (χ1) is 11.8. The Labute approximate surface area is 154 Å².